The molecule has 3 aromatic rings. The van der Waals surface area contributed by atoms with Crippen molar-refractivity contribution in [3.8, 4) is 22.5 Å². The first kappa shape index (κ1) is 13.1. The van der Waals surface area contributed by atoms with Gasteiger partial charge in [-0.15, -0.1) is 0 Å². The number of aromatic carboxylic acids is 1. The Bertz CT molecular complexity index is 792. The maximum Gasteiger partial charge on any atom is 0.336 e. The number of aromatic nitrogens is 2. The van der Waals surface area contributed by atoms with Crippen LogP contribution in [-0.4, -0.2) is 20.9 Å². The van der Waals surface area contributed by atoms with Crippen LogP contribution in [0.25, 0.3) is 22.5 Å². The molecule has 1 N–H and O–H groups in total. The molecule has 3 rings (SSSR count). The molecule has 0 bridgehead atoms. The highest BCUT2D eigenvalue weighted by Gasteiger charge is 2.15. The summed E-state index contributed by atoms with van der Waals surface area (Å²) in [6, 6.07) is 18.7. The normalized spacial score (nSPS) is 10.5. The minimum atomic E-state index is -0.947. The van der Waals surface area contributed by atoms with Gasteiger partial charge in [0, 0.05) is 12.6 Å². The van der Waals surface area contributed by atoms with E-state index in [0.717, 1.165) is 11.3 Å². The third kappa shape index (κ3) is 2.43. The van der Waals surface area contributed by atoms with Crippen LogP contribution in [0.2, 0.25) is 0 Å². The van der Waals surface area contributed by atoms with Gasteiger partial charge >= 0.3 is 5.97 Å². The number of nitrogens with zero attached hydrogens (tertiary/aromatic N) is 2. The summed E-state index contributed by atoms with van der Waals surface area (Å²) < 4.78 is 1.77. The van der Waals surface area contributed by atoms with E-state index in [1.165, 1.54) is 0 Å². The number of carboxylic acids is 1. The molecule has 0 amide bonds. The first-order chi connectivity index (χ1) is 10.2. The van der Waals surface area contributed by atoms with E-state index < -0.39 is 5.97 Å². The van der Waals surface area contributed by atoms with Gasteiger partial charge in [-0.25, -0.2) is 4.79 Å². The second-order valence-corrected chi connectivity index (χ2v) is 4.76. The van der Waals surface area contributed by atoms with Crippen LogP contribution in [0, 0.1) is 0 Å². The zero-order valence-corrected chi connectivity index (χ0v) is 11.5. The molecular formula is C17H14N2O2. The van der Waals surface area contributed by atoms with Crippen molar-refractivity contribution in [1.29, 1.82) is 0 Å². The summed E-state index contributed by atoms with van der Waals surface area (Å²) in [5.74, 6) is -0.947. The fourth-order valence-electron chi connectivity index (χ4n) is 2.37. The first-order valence-corrected chi connectivity index (χ1v) is 6.59. The molecule has 0 aliphatic heterocycles. The summed E-state index contributed by atoms with van der Waals surface area (Å²) in [6.45, 7) is 0. The van der Waals surface area contributed by atoms with Crippen LogP contribution >= 0.6 is 0 Å². The standard InChI is InChI=1S/C17H14N2O2/c1-19-16(12-7-3-2-4-8-12)11-15(18-19)13-9-5-6-10-14(13)17(20)21/h2-11H,1H3,(H,20,21). The SMILES string of the molecule is Cn1nc(-c2ccccc2C(=O)O)cc1-c1ccccc1. The summed E-state index contributed by atoms with van der Waals surface area (Å²) in [6.07, 6.45) is 0. The average Bonchev–Trinajstić information content (AvgIpc) is 2.90. The van der Waals surface area contributed by atoms with Crippen molar-refractivity contribution < 1.29 is 9.90 Å². The van der Waals surface area contributed by atoms with Gasteiger partial charge in [0.1, 0.15) is 0 Å². The molecule has 0 spiro atoms. The van der Waals surface area contributed by atoms with Crippen molar-refractivity contribution in [3.63, 3.8) is 0 Å². The van der Waals surface area contributed by atoms with E-state index in [9.17, 15) is 9.90 Å². The molecule has 4 nitrogen and oxygen atoms in total. The number of hydrogen-bond acceptors (Lipinski definition) is 2. The Hall–Kier alpha value is -2.88. The smallest absolute Gasteiger partial charge is 0.336 e. The van der Waals surface area contributed by atoms with Gasteiger partial charge in [0.25, 0.3) is 0 Å². The number of hydrogen-bond donors (Lipinski definition) is 1. The minimum Gasteiger partial charge on any atom is -0.478 e. The molecular weight excluding hydrogens is 264 g/mol. The van der Waals surface area contributed by atoms with E-state index in [1.807, 2.05) is 49.5 Å². The second-order valence-electron chi connectivity index (χ2n) is 4.76. The summed E-state index contributed by atoms with van der Waals surface area (Å²) in [5.41, 5.74) is 3.55. The van der Waals surface area contributed by atoms with Gasteiger partial charge < -0.3 is 5.11 Å². The van der Waals surface area contributed by atoms with Crippen molar-refractivity contribution in [3.05, 3.63) is 66.2 Å². The van der Waals surface area contributed by atoms with Gasteiger partial charge in [-0.1, -0.05) is 48.5 Å². The fraction of sp³-hybridized carbons (Fsp3) is 0.0588. The molecule has 104 valence electrons. The van der Waals surface area contributed by atoms with Gasteiger partial charge in [0.05, 0.1) is 17.0 Å². The fourth-order valence-corrected chi connectivity index (χ4v) is 2.37. The highest BCUT2D eigenvalue weighted by Crippen LogP contribution is 2.27. The number of aryl methyl sites for hydroxylation is 1. The van der Waals surface area contributed by atoms with Gasteiger partial charge in [-0.3, -0.25) is 4.68 Å². The summed E-state index contributed by atoms with van der Waals surface area (Å²) in [4.78, 5) is 11.3. The lowest BCUT2D eigenvalue weighted by Gasteiger charge is -2.01. The van der Waals surface area contributed by atoms with Crippen LogP contribution in [0.5, 0.6) is 0 Å². The van der Waals surface area contributed by atoms with Crippen molar-refractivity contribution in [2.45, 2.75) is 0 Å². The lowest BCUT2D eigenvalue weighted by atomic mass is 10.0. The Morgan fingerprint density at radius 2 is 1.71 bits per heavy atom. The van der Waals surface area contributed by atoms with Gasteiger partial charge in [0.15, 0.2) is 0 Å². The molecule has 4 heteroatoms. The minimum absolute atomic E-state index is 0.259. The Kier molecular flexibility index (Phi) is 3.28. The number of benzene rings is 2. The molecule has 1 aromatic heterocycles. The zero-order valence-electron chi connectivity index (χ0n) is 11.5. The summed E-state index contributed by atoms with van der Waals surface area (Å²) in [7, 11) is 1.86. The Labute approximate surface area is 122 Å². The Morgan fingerprint density at radius 1 is 1.05 bits per heavy atom. The third-order valence-corrected chi connectivity index (χ3v) is 3.38. The van der Waals surface area contributed by atoms with Crippen molar-refractivity contribution >= 4 is 5.97 Å². The van der Waals surface area contributed by atoms with Crippen LogP contribution < -0.4 is 0 Å². The number of rotatable bonds is 3. The van der Waals surface area contributed by atoms with Crippen molar-refractivity contribution in [2.24, 2.45) is 7.05 Å². The maximum atomic E-state index is 11.3. The van der Waals surface area contributed by atoms with Gasteiger partial charge in [-0.2, -0.15) is 5.10 Å². The predicted octanol–water partition coefficient (Wildman–Crippen LogP) is 3.45. The lowest BCUT2D eigenvalue weighted by Crippen LogP contribution is -1.99. The number of carbonyl (C=O) groups is 1. The second kappa shape index (κ2) is 5.25. The highest BCUT2D eigenvalue weighted by atomic mass is 16.4. The quantitative estimate of drug-likeness (QED) is 0.798. The van der Waals surface area contributed by atoms with E-state index in [-0.39, 0.29) is 5.56 Å². The van der Waals surface area contributed by atoms with Crippen LogP contribution in [0.15, 0.2) is 60.7 Å². The predicted molar refractivity (Wildman–Crippen MR) is 81.0 cm³/mol. The van der Waals surface area contributed by atoms with Crippen LogP contribution in [0.3, 0.4) is 0 Å². The monoisotopic (exact) mass is 278 g/mol. The molecule has 0 unspecified atom stereocenters. The van der Waals surface area contributed by atoms with E-state index >= 15 is 0 Å². The zero-order chi connectivity index (χ0) is 14.8. The molecule has 1 heterocycles. The molecule has 0 saturated carbocycles. The molecule has 0 radical (unpaired) electrons. The van der Waals surface area contributed by atoms with Crippen LogP contribution in [0.1, 0.15) is 10.4 Å². The largest absolute Gasteiger partial charge is 0.478 e. The maximum absolute atomic E-state index is 11.3. The molecule has 0 saturated heterocycles. The van der Waals surface area contributed by atoms with Crippen LogP contribution in [-0.2, 0) is 7.05 Å². The Balaban J connectivity index is 2.12. The van der Waals surface area contributed by atoms with E-state index in [1.54, 1.807) is 22.9 Å². The Morgan fingerprint density at radius 3 is 2.43 bits per heavy atom. The lowest BCUT2D eigenvalue weighted by molar-refractivity contribution is 0.0697. The van der Waals surface area contributed by atoms with Crippen LogP contribution in [0.4, 0.5) is 0 Å². The summed E-state index contributed by atoms with van der Waals surface area (Å²) >= 11 is 0. The highest BCUT2D eigenvalue weighted by molar-refractivity contribution is 5.95. The van der Waals surface area contributed by atoms with Crippen molar-refractivity contribution in [2.75, 3.05) is 0 Å². The summed E-state index contributed by atoms with van der Waals surface area (Å²) in [5, 5.41) is 13.7. The van der Waals surface area contributed by atoms with E-state index in [0.29, 0.717) is 11.3 Å². The first-order valence-electron chi connectivity index (χ1n) is 6.59. The molecule has 2 aromatic carbocycles. The number of carboxylic acid groups (broad SMARTS) is 1. The van der Waals surface area contributed by atoms with Crippen molar-refractivity contribution in [1.82, 2.24) is 9.78 Å². The van der Waals surface area contributed by atoms with E-state index in [2.05, 4.69) is 5.10 Å². The molecule has 0 atom stereocenters. The molecule has 0 fully saturated rings. The third-order valence-electron chi connectivity index (χ3n) is 3.38. The van der Waals surface area contributed by atoms with Gasteiger partial charge in [0.2, 0.25) is 0 Å². The molecule has 21 heavy (non-hydrogen) atoms. The van der Waals surface area contributed by atoms with Gasteiger partial charge in [-0.05, 0) is 17.7 Å². The molecule has 0 aliphatic rings. The topological polar surface area (TPSA) is 55.1 Å². The van der Waals surface area contributed by atoms with E-state index in [4.69, 9.17) is 0 Å². The molecule has 0 aliphatic carbocycles. The average molecular weight is 278 g/mol.